The van der Waals surface area contributed by atoms with Crippen molar-refractivity contribution in [3.05, 3.63) is 34.9 Å². The zero-order chi connectivity index (χ0) is 15.0. The lowest BCUT2D eigenvalue weighted by Crippen LogP contribution is -2.28. The second kappa shape index (κ2) is 6.28. The van der Waals surface area contributed by atoms with Crippen LogP contribution in [-0.2, 0) is 10.8 Å². The van der Waals surface area contributed by atoms with Gasteiger partial charge in [-0.1, -0.05) is 47.6 Å². The van der Waals surface area contributed by atoms with Crippen molar-refractivity contribution in [2.75, 3.05) is 0 Å². The van der Waals surface area contributed by atoms with E-state index in [4.69, 9.17) is 5.73 Å². The van der Waals surface area contributed by atoms with Crippen molar-refractivity contribution in [2.24, 2.45) is 5.73 Å². The van der Waals surface area contributed by atoms with E-state index in [0.717, 1.165) is 5.56 Å². The molecule has 1 atom stereocenters. The Bertz CT molecular complexity index is 446. The van der Waals surface area contributed by atoms with E-state index >= 15 is 0 Å². The topological polar surface area (TPSA) is 43.1 Å². The number of carbonyl (C=O) groups excluding carboxylic acids is 1. The molecule has 1 rings (SSSR count). The normalized spacial score (nSPS) is 13.6. The Balaban J connectivity index is 0.00000361. The highest BCUT2D eigenvalue weighted by Gasteiger charge is 2.22. The number of ketones is 1. The molecule has 0 saturated carbocycles. The third kappa shape index (κ3) is 4.60. The third-order valence-corrected chi connectivity index (χ3v) is 3.36. The van der Waals surface area contributed by atoms with E-state index in [2.05, 4.69) is 47.6 Å². The molecule has 0 aliphatic carbocycles. The molecule has 2 nitrogen and oxygen atoms in total. The van der Waals surface area contributed by atoms with Gasteiger partial charge in [-0.25, -0.2) is 0 Å². The van der Waals surface area contributed by atoms with Gasteiger partial charge in [-0.2, -0.15) is 0 Å². The highest BCUT2D eigenvalue weighted by Crippen LogP contribution is 2.30. The zero-order valence-electron chi connectivity index (χ0n) is 13.7. The fourth-order valence-corrected chi connectivity index (χ4v) is 1.90. The second-order valence-electron chi connectivity index (χ2n) is 7.45. The van der Waals surface area contributed by atoms with Crippen molar-refractivity contribution in [2.45, 2.75) is 65.3 Å². The van der Waals surface area contributed by atoms with Crippen LogP contribution in [0.5, 0.6) is 0 Å². The minimum atomic E-state index is -0.456. The Morgan fingerprint density at radius 3 is 1.55 bits per heavy atom. The lowest BCUT2D eigenvalue weighted by Gasteiger charge is -2.26. The maximum absolute atomic E-state index is 12.2. The molecule has 0 bridgehead atoms. The molecule has 2 N–H and O–H groups in total. The molecule has 0 saturated heterocycles. The van der Waals surface area contributed by atoms with Gasteiger partial charge < -0.3 is 5.73 Å². The summed E-state index contributed by atoms with van der Waals surface area (Å²) in [5.74, 6) is 0.0107. The number of carbonyl (C=O) groups is 1. The van der Waals surface area contributed by atoms with Crippen molar-refractivity contribution in [1.82, 2.24) is 0 Å². The minimum absolute atomic E-state index is 0. The van der Waals surface area contributed by atoms with Gasteiger partial charge in [-0.15, -0.1) is 12.4 Å². The largest absolute Gasteiger partial charge is 0.321 e. The fraction of sp³-hybridized carbons (Fsp3) is 0.588. The summed E-state index contributed by atoms with van der Waals surface area (Å²) in [5.41, 5.74) is 8.88. The van der Waals surface area contributed by atoms with Crippen LogP contribution in [0.2, 0.25) is 0 Å². The van der Waals surface area contributed by atoms with E-state index in [-0.39, 0.29) is 29.0 Å². The summed E-state index contributed by atoms with van der Waals surface area (Å²) in [7, 11) is 0. The van der Waals surface area contributed by atoms with Gasteiger partial charge in [0.2, 0.25) is 0 Å². The van der Waals surface area contributed by atoms with Crippen LogP contribution in [0.1, 0.15) is 70.0 Å². The fourth-order valence-electron chi connectivity index (χ4n) is 1.90. The van der Waals surface area contributed by atoms with Gasteiger partial charge in [0.15, 0.2) is 5.78 Å². The molecule has 0 aliphatic rings. The van der Waals surface area contributed by atoms with Gasteiger partial charge in [0, 0.05) is 5.56 Å². The number of hydrogen-bond donors (Lipinski definition) is 1. The summed E-state index contributed by atoms with van der Waals surface area (Å²) in [4.78, 5) is 12.2. The number of halogens is 1. The van der Waals surface area contributed by atoms with E-state index in [9.17, 15) is 4.79 Å². The first-order chi connectivity index (χ1) is 8.43. The maximum Gasteiger partial charge on any atom is 0.179 e. The molecular weight excluding hydrogens is 270 g/mol. The summed E-state index contributed by atoms with van der Waals surface area (Å²) in [6.07, 6.45) is 0. The van der Waals surface area contributed by atoms with Crippen molar-refractivity contribution < 1.29 is 4.79 Å². The number of benzene rings is 1. The molecule has 0 aromatic heterocycles. The second-order valence-corrected chi connectivity index (χ2v) is 7.45. The molecule has 0 heterocycles. The predicted molar refractivity (Wildman–Crippen MR) is 89.1 cm³/mol. The van der Waals surface area contributed by atoms with E-state index in [1.165, 1.54) is 11.1 Å². The van der Waals surface area contributed by atoms with Crippen LogP contribution >= 0.6 is 12.4 Å². The lowest BCUT2D eigenvalue weighted by molar-refractivity contribution is 0.0967. The molecule has 0 amide bonds. The first-order valence-electron chi connectivity index (χ1n) is 6.89. The summed E-state index contributed by atoms with van der Waals surface area (Å²) < 4.78 is 0. The molecule has 1 unspecified atom stereocenters. The molecular formula is C17H28ClNO. The number of hydrogen-bond acceptors (Lipinski definition) is 2. The Morgan fingerprint density at radius 2 is 1.30 bits per heavy atom. The van der Waals surface area contributed by atoms with Crippen LogP contribution in [0.3, 0.4) is 0 Å². The molecule has 1 aromatic carbocycles. The highest BCUT2D eigenvalue weighted by molar-refractivity contribution is 6.00. The van der Waals surface area contributed by atoms with E-state index < -0.39 is 6.04 Å². The Labute approximate surface area is 129 Å². The van der Waals surface area contributed by atoms with Gasteiger partial charge in [0.25, 0.3) is 0 Å². The van der Waals surface area contributed by atoms with Crippen LogP contribution in [0.25, 0.3) is 0 Å². The van der Waals surface area contributed by atoms with Crippen LogP contribution in [0.4, 0.5) is 0 Å². The summed E-state index contributed by atoms with van der Waals surface area (Å²) >= 11 is 0. The van der Waals surface area contributed by atoms with Gasteiger partial charge in [0.05, 0.1) is 6.04 Å². The molecule has 20 heavy (non-hydrogen) atoms. The standard InChI is InChI=1S/C17H27NO.ClH/c1-11(18)15(19)12-8-13(16(2,3)4)10-14(9-12)17(5,6)7;/h8-11H,18H2,1-7H3;1H. The van der Waals surface area contributed by atoms with Crippen molar-refractivity contribution >= 4 is 18.2 Å². The monoisotopic (exact) mass is 297 g/mol. The minimum Gasteiger partial charge on any atom is -0.321 e. The first-order valence-corrected chi connectivity index (χ1v) is 6.89. The predicted octanol–water partition coefficient (Wildman–Crippen LogP) is 4.23. The lowest BCUT2D eigenvalue weighted by atomic mass is 9.79. The summed E-state index contributed by atoms with van der Waals surface area (Å²) in [6.45, 7) is 14.7. The number of Topliss-reactive ketones (excluding diaryl/α,β-unsaturated/α-hetero) is 1. The average Bonchev–Trinajstić information content (AvgIpc) is 2.24. The quantitative estimate of drug-likeness (QED) is 0.830. The Kier molecular flexibility index (Phi) is 6.01. The molecule has 114 valence electrons. The highest BCUT2D eigenvalue weighted by atomic mass is 35.5. The van der Waals surface area contributed by atoms with E-state index in [1.54, 1.807) is 6.92 Å². The van der Waals surface area contributed by atoms with Crippen molar-refractivity contribution in [3.63, 3.8) is 0 Å². The molecule has 3 heteroatoms. The molecule has 0 fully saturated rings. The SMILES string of the molecule is CC(N)C(=O)c1cc(C(C)(C)C)cc(C(C)(C)C)c1.Cl. The zero-order valence-corrected chi connectivity index (χ0v) is 14.5. The van der Waals surface area contributed by atoms with Gasteiger partial charge in [-0.3, -0.25) is 4.79 Å². The van der Waals surface area contributed by atoms with Crippen LogP contribution in [0.15, 0.2) is 18.2 Å². The van der Waals surface area contributed by atoms with Gasteiger partial charge in [-0.05, 0) is 41.0 Å². The van der Waals surface area contributed by atoms with Crippen LogP contribution < -0.4 is 5.73 Å². The summed E-state index contributed by atoms with van der Waals surface area (Å²) in [5, 5.41) is 0. The maximum atomic E-state index is 12.2. The summed E-state index contributed by atoms with van der Waals surface area (Å²) in [6, 6.07) is 5.72. The number of rotatable bonds is 2. The third-order valence-electron chi connectivity index (χ3n) is 3.36. The molecule has 0 aliphatic heterocycles. The molecule has 1 aromatic rings. The van der Waals surface area contributed by atoms with Crippen molar-refractivity contribution in [1.29, 1.82) is 0 Å². The van der Waals surface area contributed by atoms with Gasteiger partial charge in [0.1, 0.15) is 0 Å². The Hall–Kier alpha value is -0.860. The van der Waals surface area contributed by atoms with Gasteiger partial charge >= 0.3 is 0 Å². The van der Waals surface area contributed by atoms with Crippen LogP contribution in [0, 0.1) is 0 Å². The number of nitrogens with two attached hydrogens (primary N) is 1. The molecule has 0 radical (unpaired) electrons. The van der Waals surface area contributed by atoms with E-state index in [1.807, 2.05) is 12.1 Å². The van der Waals surface area contributed by atoms with Crippen molar-refractivity contribution in [3.8, 4) is 0 Å². The van der Waals surface area contributed by atoms with Crippen LogP contribution in [-0.4, -0.2) is 11.8 Å². The Morgan fingerprint density at radius 1 is 0.950 bits per heavy atom. The molecule has 0 spiro atoms. The first kappa shape index (κ1) is 19.1. The smallest absolute Gasteiger partial charge is 0.179 e. The van der Waals surface area contributed by atoms with E-state index in [0.29, 0.717) is 0 Å². The average molecular weight is 298 g/mol.